The fraction of sp³-hybridized carbons (Fsp3) is 0.754. The van der Waals surface area contributed by atoms with Gasteiger partial charge in [0.05, 0.1) is 33.8 Å². The van der Waals surface area contributed by atoms with Crippen molar-refractivity contribution in [3.05, 3.63) is 85.1 Å². The van der Waals surface area contributed by atoms with Crippen molar-refractivity contribution in [2.45, 2.75) is 277 Å². The van der Waals surface area contributed by atoms with Crippen LogP contribution in [0.5, 0.6) is 0 Å². The van der Waals surface area contributed by atoms with Gasteiger partial charge in [0.15, 0.2) is 0 Å². The molecule has 0 saturated heterocycles. The smallest absolute Gasteiger partial charge is 0.306 e. The van der Waals surface area contributed by atoms with Crippen LogP contribution in [0.4, 0.5) is 0 Å². The minimum absolute atomic E-state index is 0.0300. The number of nitrogens with one attached hydrogen (secondary N) is 1. The fourth-order valence-electron chi connectivity index (χ4n) is 8.58. The Labute approximate surface area is 463 Å². The number of quaternary nitrogens is 1. The van der Waals surface area contributed by atoms with Crippen LogP contribution in [0.25, 0.3) is 0 Å². The highest BCUT2D eigenvalue weighted by atomic mass is 31.2. The van der Waals surface area contributed by atoms with E-state index in [1.807, 2.05) is 33.3 Å². The molecule has 1 amide bonds. The molecule has 0 aromatic heterocycles. The maximum absolute atomic E-state index is 13.5. The molecule has 0 spiro atoms. The van der Waals surface area contributed by atoms with E-state index in [9.17, 15) is 19.0 Å². The van der Waals surface area contributed by atoms with Gasteiger partial charge in [0.25, 0.3) is 7.82 Å². The first-order chi connectivity index (χ1) is 36.4. The number of phosphoric acid groups is 1. The highest BCUT2D eigenvalue weighted by Gasteiger charge is 2.27. The predicted molar refractivity (Wildman–Crippen MR) is 321 cm³/mol. The van der Waals surface area contributed by atoms with E-state index in [-0.39, 0.29) is 31.3 Å². The summed E-state index contributed by atoms with van der Waals surface area (Å²) in [6.07, 6.45) is 71.2. The Morgan fingerprint density at radius 1 is 0.480 bits per heavy atom. The number of carbonyl (C=O) groups is 2. The van der Waals surface area contributed by atoms with Crippen molar-refractivity contribution in [3.8, 4) is 0 Å². The summed E-state index contributed by atoms with van der Waals surface area (Å²) in [6.45, 7) is 6.71. The van der Waals surface area contributed by atoms with Gasteiger partial charge in [-0.25, -0.2) is 0 Å². The van der Waals surface area contributed by atoms with Crippen molar-refractivity contribution in [2.24, 2.45) is 0 Å². The number of ether oxygens (including phenoxy) is 1. The standard InChI is InChI=1S/C65H117N2O7P/c1-7-10-13-16-19-22-25-28-29-30-31-32-33-34-35-36-37-40-42-45-48-51-54-57-64(68)66-62(61-73-75(70,71)72-60-59-67(4,5)6)63(56-53-50-47-44-41-38-26-23-20-17-14-11-8-2)74-65(69)58-55-52-49-46-43-39-27-24-21-18-15-12-9-3/h10,13,19,22,28-29,31-32,34-35,37,40,53,56,62-63H,7-9,11-12,14-18,20-21,23-27,30,33,36,38-39,41-52,54-55,57-61H2,1-6H3,(H-,66,68,70,71)/b13-10-,22-19-,29-28-,32-31-,35-34-,40-37-,56-53-. The third kappa shape index (κ3) is 55.7. The van der Waals surface area contributed by atoms with Crippen molar-refractivity contribution in [3.63, 3.8) is 0 Å². The van der Waals surface area contributed by atoms with Crippen LogP contribution in [0.2, 0.25) is 0 Å². The average molecular weight is 1070 g/mol. The van der Waals surface area contributed by atoms with Crippen molar-refractivity contribution >= 4 is 19.7 Å². The van der Waals surface area contributed by atoms with Gasteiger partial charge < -0.3 is 28.5 Å². The number of hydrogen-bond donors (Lipinski definition) is 1. The zero-order valence-electron chi connectivity index (χ0n) is 49.5. The summed E-state index contributed by atoms with van der Waals surface area (Å²) in [5, 5.41) is 3.02. The summed E-state index contributed by atoms with van der Waals surface area (Å²) >= 11 is 0. The maximum Gasteiger partial charge on any atom is 0.306 e. The van der Waals surface area contributed by atoms with Crippen molar-refractivity contribution < 1.29 is 37.3 Å². The summed E-state index contributed by atoms with van der Waals surface area (Å²) < 4.78 is 30.3. The molecule has 3 unspecified atom stereocenters. The zero-order valence-corrected chi connectivity index (χ0v) is 50.4. The number of rotatable bonds is 55. The number of likely N-dealkylation sites (N-methyl/N-ethyl adjacent to an activating group) is 1. The van der Waals surface area contributed by atoms with Gasteiger partial charge in [-0.2, -0.15) is 0 Å². The molecule has 0 bridgehead atoms. The highest BCUT2D eigenvalue weighted by molar-refractivity contribution is 7.45. The largest absolute Gasteiger partial charge is 0.756 e. The molecule has 0 aromatic carbocycles. The summed E-state index contributed by atoms with van der Waals surface area (Å²) in [7, 11) is 1.16. The Hall–Kier alpha value is -2.81. The van der Waals surface area contributed by atoms with Crippen molar-refractivity contribution in [1.82, 2.24) is 5.32 Å². The van der Waals surface area contributed by atoms with Crippen LogP contribution in [-0.4, -0.2) is 69.4 Å². The number of amides is 1. The van der Waals surface area contributed by atoms with Crippen LogP contribution >= 0.6 is 7.82 Å². The Bertz CT molecular complexity index is 1560. The SMILES string of the molecule is CC/C=C\C/C=C\C/C=C\C/C=C\C/C=C\C/C=C\CCCCCCC(=O)NC(COP(=O)([O-])OCC[N+](C)(C)C)C(/C=C\CCCCCCCCCCCCC)OC(=O)CCCCCCCCCCCCCCC. The lowest BCUT2D eigenvalue weighted by Crippen LogP contribution is -2.47. The number of carbonyl (C=O) groups excluding carboxylic acids is 2. The van der Waals surface area contributed by atoms with Gasteiger partial charge in [0.1, 0.15) is 19.3 Å². The molecule has 3 atom stereocenters. The quantitative estimate of drug-likeness (QED) is 0.0212. The molecule has 0 aliphatic heterocycles. The molecule has 0 aromatic rings. The topological polar surface area (TPSA) is 114 Å². The normalized spacial score (nSPS) is 14.3. The third-order valence-corrected chi connectivity index (χ3v) is 14.3. The second kappa shape index (κ2) is 54.5. The van der Waals surface area contributed by atoms with E-state index in [2.05, 4.69) is 99.0 Å². The number of phosphoric ester groups is 1. The maximum atomic E-state index is 13.5. The Morgan fingerprint density at radius 3 is 1.28 bits per heavy atom. The minimum atomic E-state index is -4.71. The number of esters is 1. The predicted octanol–water partition coefficient (Wildman–Crippen LogP) is 18.4. The number of unbranched alkanes of at least 4 members (excludes halogenated alkanes) is 27. The van der Waals surface area contributed by atoms with Crippen molar-refractivity contribution in [2.75, 3.05) is 40.9 Å². The van der Waals surface area contributed by atoms with E-state index in [0.717, 1.165) is 103 Å². The monoisotopic (exact) mass is 1070 g/mol. The second-order valence-corrected chi connectivity index (χ2v) is 23.2. The molecule has 75 heavy (non-hydrogen) atoms. The van der Waals surface area contributed by atoms with Crippen LogP contribution in [0.3, 0.4) is 0 Å². The first kappa shape index (κ1) is 72.2. The molecule has 9 nitrogen and oxygen atoms in total. The second-order valence-electron chi connectivity index (χ2n) is 21.8. The van der Waals surface area contributed by atoms with Crippen molar-refractivity contribution in [1.29, 1.82) is 0 Å². The lowest BCUT2D eigenvalue weighted by Gasteiger charge is -2.30. The van der Waals surface area contributed by atoms with Gasteiger partial charge in [-0.15, -0.1) is 0 Å². The minimum Gasteiger partial charge on any atom is -0.756 e. The first-order valence-electron chi connectivity index (χ1n) is 30.9. The van der Waals surface area contributed by atoms with Gasteiger partial charge in [-0.05, 0) is 83.1 Å². The van der Waals surface area contributed by atoms with E-state index in [4.69, 9.17) is 13.8 Å². The number of hydrogen-bond acceptors (Lipinski definition) is 7. The Balaban J connectivity index is 5.30. The summed E-state index contributed by atoms with van der Waals surface area (Å²) in [4.78, 5) is 40.0. The lowest BCUT2D eigenvalue weighted by atomic mass is 10.0. The zero-order chi connectivity index (χ0) is 55.0. The lowest BCUT2D eigenvalue weighted by molar-refractivity contribution is -0.870. The summed E-state index contributed by atoms with van der Waals surface area (Å²) in [5.41, 5.74) is 0. The number of allylic oxidation sites excluding steroid dienone is 13. The van der Waals surface area contributed by atoms with E-state index in [0.29, 0.717) is 17.4 Å². The van der Waals surface area contributed by atoms with E-state index >= 15 is 0 Å². The molecule has 0 heterocycles. The number of nitrogens with zero attached hydrogens (tertiary/aromatic N) is 1. The fourth-order valence-corrected chi connectivity index (χ4v) is 9.31. The van der Waals surface area contributed by atoms with Crippen LogP contribution < -0.4 is 10.2 Å². The molecular weight excluding hydrogens is 952 g/mol. The van der Waals surface area contributed by atoms with Gasteiger partial charge in [-0.1, -0.05) is 254 Å². The molecule has 0 saturated carbocycles. The van der Waals surface area contributed by atoms with E-state index < -0.39 is 26.6 Å². The third-order valence-electron chi connectivity index (χ3n) is 13.3. The van der Waals surface area contributed by atoms with E-state index in [1.165, 1.54) is 122 Å². The van der Waals surface area contributed by atoms with Crippen LogP contribution in [0.1, 0.15) is 265 Å². The summed E-state index contributed by atoms with van der Waals surface area (Å²) in [5.74, 6) is -0.568. The first-order valence-corrected chi connectivity index (χ1v) is 32.4. The van der Waals surface area contributed by atoms with Crippen LogP contribution in [0.15, 0.2) is 85.1 Å². The molecular formula is C65H117N2O7P. The summed E-state index contributed by atoms with van der Waals surface area (Å²) in [6, 6.07) is -0.904. The molecule has 1 N–H and O–H groups in total. The van der Waals surface area contributed by atoms with Gasteiger partial charge in [-0.3, -0.25) is 14.2 Å². The molecule has 0 aliphatic carbocycles. The molecule has 0 radical (unpaired) electrons. The van der Waals surface area contributed by atoms with Gasteiger partial charge in [0.2, 0.25) is 5.91 Å². The molecule has 434 valence electrons. The average Bonchev–Trinajstić information content (AvgIpc) is 3.37. The molecule has 10 heteroatoms. The Kier molecular flexibility index (Phi) is 52.5. The molecule has 0 rings (SSSR count). The van der Waals surface area contributed by atoms with Gasteiger partial charge in [0, 0.05) is 12.8 Å². The highest BCUT2D eigenvalue weighted by Crippen LogP contribution is 2.38. The Morgan fingerprint density at radius 2 is 0.853 bits per heavy atom. The van der Waals surface area contributed by atoms with Crippen LogP contribution in [-0.2, 0) is 27.9 Å². The molecule has 0 fully saturated rings. The van der Waals surface area contributed by atoms with E-state index in [1.54, 1.807) is 0 Å². The van der Waals surface area contributed by atoms with Gasteiger partial charge >= 0.3 is 5.97 Å². The van der Waals surface area contributed by atoms with Crippen LogP contribution in [0, 0.1) is 0 Å². The molecule has 0 aliphatic rings.